The van der Waals surface area contributed by atoms with Gasteiger partial charge in [0, 0.05) is 64.9 Å². The monoisotopic (exact) mass is 1000 g/mol. The summed E-state index contributed by atoms with van der Waals surface area (Å²) < 4.78 is 32.9. The second-order valence-electron chi connectivity index (χ2n) is 16.9. The van der Waals surface area contributed by atoms with Crippen molar-refractivity contribution in [1.82, 2.24) is 9.55 Å². The first-order chi connectivity index (χ1) is 31.3. The van der Waals surface area contributed by atoms with Crippen molar-refractivity contribution in [2.24, 2.45) is 0 Å². The number of para-hydroxylation sites is 1. The Morgan fingerprint density at radius 3 is 1.89 bits per heavy atom. The summed E-state index contributed by atoms with van der Waals surface area (Å²) in [5.41, 5.74) is 10.1. The number of benzene rings is 7. The van der Waals surface area contributed by atoms with E-state index in [-0.39, 0.29) is 37.5 Å². The molecule has 1 aliphatic rings. The maximum atomic E-state index is 8.07. The van der Waals surface area contributed by atoms with E-state index in [4.69, 9.17) is 8.85 Å². The molecule has 0 saturated carbocycles. The number of ether oxygens (including phenoxy) is 1. The zero-order valence-electron chi connectivity index (χ0n) is 38.5. The van der Waals surface area contributed by atoms with Gasteiger partial charge in [0.25, 0.3) is 0 Å². The minimum absolute atomic E-state index is 0. The van der Waals surface area contributed by atoms with Crippen LogP contribution in [0.1, 0.15) is 59.6 Å². The zero-order valence-corrected chi connectivity index (χ0v) is 37.8. The summed E-state index contributed by atoms with van der Waals surface area (Å²) in [6.45, 7) is 9.00. The fraction of sp³-hybridized carbons (Fsp3) is 0.123. The molecule has 0 N–H and O–H groups in total. The number of fused-ring (bicyclic) bond motifs is 3. The molecule has 6 heteroatoms. The van der Waals surface area contributed by atoms with Gasteiger partial charge >= 0.3 is 0 Å². The topological polar surface area (TPSA) is 33.5 Å². The number of aryl methyl sites for hydroxylation is 1. The number of rotatable bonds is 10. The quantitative estimate of drug-likeness (QED) is 0.128. The predicted molar refractivity (Wildman–Crippen MR) is 255 cm³/mol. The van der Waals surface area contributed by atoms with E-state index in [2.05, 4.69) is 171 Å². The first kappa shape index (κ1) is 38.0. The van der Waals surface area contributed by atoms with Gasteiger partial charge in [0.2, 0.25) is 0 Å². The van der Waals surface area contributed by atoms with E-state index in [0.717, 1.165) is 44.3 Å². The molecule has 0 atom stereocenters. The molecule has 5 nitrogen and oxygen atoms in total. The average molecular weight is 1000 g/mol. The van der Waals surface area contributed by atoms with E-state index in [1.165, 1.54) is 28.3 Å². The van der Waals surface area contributed by atoms with Crippen LogP contribution in [0.15, 0.2) is 188 Å². The molecule has 10 rings (SSSR count). The minimum Gasteiger partial charge on any atom is -0.509 e. The van der Waals surface area contributed by atoms with Gasteiger partial charge in [-0.05, 0) is 88.4 Å². The van der Waals surface area contributed by atoms with E-state index in [0.29, 0.717) is 17.3 Å². The van der Waals surface area contributed by atoms with E-state index in [1.54, 1.807) is 12.3 Å². The summed E-state index contributed by atoms with van der Waals surface area (Å²) in [4.78, 5) is 8.87. The van der Waals surface area contributed by atoms with Gasteiger partial charge in [-0.15, -0.1) is 53.6 Å². The van der Waals surface area contributed by atoms with Crippen molar-refractivity contribution in [2.45, 2.75) is 45.4 Å². The molecule has 0 fully saturated rings. The Kier molecular flexibility index (Phi) is 10.2. The summed E-state index contributed by atoms with van der Waals surface area (Å²) in [6.07, 6.45) is 5.69. The molecule has 9 aromatic rings. The van der Waals surface area contributed by atoms with Crippen LogP contribution in [0.2, 0.25) is 0 Å². The molecule has 0 saturated heterocycles. The number of pyridine rings is 1. The molecule has 0 bridgehead atoms. The van der Waals surface area contributed by atoms with Crippen LogP contribution < -0.4 is 14.5 Å². The Hall–Kier alpha value is -6.68. The number of nitrogens with zero attached hydrogens (tertiary/aromatic N) is 4. The van der Waals surface area contributed by atoms with Crippen molar-refractivity contribution in [3.63, 3.8) is 0 Å². The van der Waals surface area contributed by atoms with E-state index in [9.17, 15) is 0 Å². The third-order valence-corrected chi connectivity index (χ3v) is 12.3. The predicted octanol–water partition coefficient (Wildman–Crippen LogP) is 14.1. The summed E-state index contributed by atoms with van der Waals surface area (Å²) in [5.74, 6) is 1.49. The number of hydrogen-bond acceptors (Lipinski definition) is 4. The Morgan fingerprint density at radius 2 is 1.21 bits per heavy atom. The maximum absolute atomic E-state index is 8.07. The molecule has 0 amide bonds. The molecule has 0 radical (unpaired) electrons. The van der Waals surface area contributed by atoms with Crippen LogP contribution in [0.25, 0.3) is 38.8 Å². The molecule has 7 aromatic carbocycles. The normalized spacial score (nSPS) is 13.7. The standard InChI is InChI=1S/C57H47N4O.Pt/c1-40-27-28-58-55(31-40)61-53-24-16-15-23-51(53)52-26-25-49(38-54(52)61)62-50-33-42(41-17-9-6-10-18-41)32-47(37-50)59-29-30-60(39-59)48-35-45(56(2,3)43-19-11-7-12-20-43)34-46(36-48)57(4,5)44-21-13-8-14-22-44;/h6-36,39H,1-5H3;/q-3;/i1D3;. The number of anilines is 2. The van der Waals surface area contributed by atoms with Crippen LogP contribution in [0.4, 0.5) is 11.4 Å². The van der Waals surface area contributed by atoms with Crippen molar-refractivity contribution in [2.75, 3.05) is 9.80 Å². The van der Waals surface area contributed by atoms with Gasteiger partial charge in [-0.1, -0.05) is 148 Å². The summed E-state index contributed by atoms with van der Waals surface area (Å²) in [7, 11) is 0. The molecule has 63 heavy (non-hydrogen) atoms. The third-order valence-electron chi connectivity index (χ3n) is 12.3. The fourth-order valence-corrected chi connectivity index (χ4v) is 8.53. The SMILES string of the molecule is [2H]C([2H])([2H])c1ccnc(-n2c3[c-]c(Oc4[c-]c(N5C=CN(c6cc(C(C)(C)c7ccccc7)cc(C(C)(C)c7ccccc7)c6)[CH-]5)cc(-c5ccccc5)c4)ccc3c3ccccc32)c1.[Pt]. The second kappa shape index (κ2) is 16.9. The number of hydrogen-bond donors (Lipinski definition) is 0. The molecule has 2 aromatic heterocycles. The largest absolute Gasteiger partial charge is 0.509 e. The second-order valence-corrected chi connectivity index (χ2v) is 16.9. The Labute approximate surface area is 389 Å². The third kappa shape index (κ3) is 7.99. The molecule has 0 aliphatic carbocycles. The Morgan fingerprint density at radius 1 is 0.571 bits per heavy atom. The molecule has 0 spiro atoms. The van der Waals surface area contributed by atoms with Crippen LogP contribution in [0, 0.1) is 25.7 Å². The van der Waals surface area contributed by atoms with E-state index < -0.39 is 6.85 Å². The van der Waals surface area contributed by atoms with Gasteiger partial charge in [-0.2, -0.15) is 6.07 Å². The van der Waals surface area contributed by atoms with E-state index in [1.807, 2.05) is 65.2 Å². The summed E-state index contributed by atoms with van der Waals surface area (Å²) in [6, 6.07) is 65.0. The van der Waals surface area contributed by atoms with Gasteiger partial charge in [0.15, 0.2) is 0 Å². The van der Waals surface area contributed by atoms with Crippen molar-refractivity contribution < 1.29 is 29.9 Å². The fourth-order valence-electron chi connectivity index (χ4n) is 8.53. The molecule has 1 aliphatic heterocycles. The first-order valence-electron chi connectivity index (χ1n) is 22.4. The van der Waals surface area contributed by atoms with Crippen molar-refractivity contribution in [3.05, 3.63) is 235 Å². The van der Waals surface area contributed by atoms with Crippen LogP contribution in [0.5, 0.6) is 11.5 Å². The van der Waals surface area contributed by atoms with Crippen molar-refractivity contribution in [1.29, 1.82) is 0 Å². The molecular formula is C57H47N4OPt-3. The molecule has 3 heterocycles. The Balaban J connectivity index is 0.00000548. The van der Waals surface area contributed by atoms with Gasteiger partial charge in [0.1, 0.15) is 5.82 Å². The van der Waals surface area contributed by atoms with Gasteiger partial charge in [0.05, 0.1) is 0 Å². The number of aromatic nitrogens is 2. The van der Waals surface area contributed by atoms with Crippen LogP contribution in [-0.4, -0.2) is 9.55 Å². The average Bonchev–Trinajstić information content (AvgIpc) is 3.96. The first-order valence-corrected chi connectivity index (χ1v) is 20.9. The van der Waals surface area contributed by atoms with Crippen LogP contribution in [-0.2, 0) is 31.9 Å². The zero-order chi connectivity index (χ0) is 44.9. The summed E-state index contributed by atoms with van der Waals surface area (Å²) >= 11 is 0. The van der Waals surface area contributed by atoms with Gasteiger partial charge in [-0.25, -0.2) is 4.98 Å². The van der Waals surface area contributed by atoms with Gasteiger partial charge < -0.3 is 19.1 Å². The van der Waals surface area contributed by atoms with Crippen LogP contribution >= 0.6 is 0 Å². The Bertz CT molecular complexity index is 3150. The minimum atomic E-state index is -2.28. The summed E-state index contributed by atoms with van der Waals surface area (Å²) in [5, 5.41) is 1.94. The maximum Gasteiger partial charge on any atom is 0.135 e. The smallest absolute Gasteiger partial charge is 0.135 e. The van der Waals surface area contributed by atoms with Gasteiger partial charge in [-0.3, -0.25) is 0 Å². The molecule has 314 valence electrons. The van der Waals surface area contributed by atoms with E-state index >= 15 is 0 Å². The van der Waals surface area contributed by atoms with Crippen molar-refractivity contribution >= 4 is 33.2 Å². The molecular weight excluding hydrogens is 952 g/mol. The van der Waals surface area contributed by atoms with Crippen LogP contribution in [0.3, 0.4) is 0 Å². The molecule has 0 unspecified atom stereocenters. The van der Waals surface area contributed by atoms with Crippen molar-refractivity contribution in [3.8, 4) is 28.4 Å².